The van der Waals surface area contributed by atoms with E-state index in [1.54, 1.807) is 11.3 Å². The van der Waals surface area contributed by atoms with Gasteiger partial charge in [-0.3, -0.25) is 4.57 Å². The molecule has 0 aliphatic rings. The van der Waals surface area contributed by atoms with E-state index in [1.807, 2.05) is 42.5 Å². The Balaban J connectivity index is 1.77. The van der Waals surface area contributed by atoms with Crippen molar-refractivity contribution >= 4 is 21.8 Å². The van der Waals surface area contributed by atoms with Crippen molar-refractivity contribution in [1.82, 2.24) is 14.5 Å². The second-order valence-corrected chi connectivity index (χ2v) is 6.96. The van der Waals surface area contributed by atoms with Crippen molar-refractivity contribution < 1.29 is 0 Å². The minimum absolute atomic E-state index is 0.788. The molecule has 2 aromatic heterocycles. The number of aromatic nitrogens is 3. The van der Waals surface area contributed by atoms with Crippen molar-refractivity contribution in [3.63, 3.8) is 0 Å². The Morgan fingerprint density at radius 3 is 1.85 bits per heavy atom. The molecule has 3 aromatic carbocycles. The van der Waals surface area contributed by atoms with Gasteiger partial charge in [0, 0.05) is 16.8 Å². The molecule has 0 saturated heterocycles. The van der Waals surface area contributed by atoms with Crippen LogP contribution in [0.4, 0.5) is 0 Å². The van der Waals surface area contributed by atoms with Crippen LogP contribution in [-0.4, -0.2) is 14.5 Å². The SMILES string of the molecule is c1ccc(-c2nc3nc(-c4ccccc4)n(-c4ccccc4)c3s2)cc1. The van der Waals surface area contributed by atoms with Gasteiger partial charge in [-0.25, -0.2) is 9.97 Å². The zero-order valence-electron chi connectivity index (χ0n) is 13.9. The van der Waals surface area contributed by atoms with E-state index in [9.17, 15) is 0 Å². The Labute approximate surface area is 155 Å². The van der Waals surface area contributed by atoms with Crippen LogP contribution in [0.25, 0.3) is 38.1 Å². The van der Waals surface area contributed by atoms with Crippen molar-refractivity contribution in [3.8, 4) is 27.6 Å². The number of imidazole rings is 1. The maximum atomic E-state index is 4.87. The van der Waals surface area contributed by atoms with Crippen LogP contribution in [-0.2, 0) is 0 Å². The van der Waals surface area contributed by atoms with Crippen LogP contribution in [0.5, 0.6) is 0 Å². The number of nitrogens with zero attached hydrogens (tertiary/aromatic N) is 3. The summed E-state index contributed by atoms with van der Waals surface area (Å²) in [5.41, 5.74) is 4.09. The molecule has 0 unspecified atom stereocenters. The van der Waals surface area contributed by atoms with Gasteiger partial charge in [0.1, 0.15) is 15.7 Å². The number of hydrogen-bond acceptors (Lipinski definition) is 3. The van der Waals surface area contributed by atoms with E-state index in [-0.39, 0.29) is 0 Å². The molecule has 0 radical (unpaired) electrons. The number of hydrogen-bond donors (Lipinski definition) is 0. The quantitative estimate of drug-likeness (QED) is 0.409. The van der Waals surface area contributed by atoms with E-state index >= 15 is 0 Å². The summed E-state index contributed by atoms with van der Waals surface area (Å²) in [4.78, 5) is 10.7. The molecule has 3 nitrogen and oxygen atoms in total. The van der Waals surface area contributed by atoms with E-state index in [1.165, 1.54) is 0 Å². The molecular weight excluding hydrogens is 338 g/mol. The standard InChI is InChI=1S/C22H15N3S/c1-4-10-16(11-5-1)20-23-19-22(25(20)18-14-8-3-9-15-18)26-21(24-19)17-12-6-2-7-13-17/h1-15H. The maximum absolute atomic E-state index is 4.87. The van der Waals surface area contributed by atoms with Gasteiger partial charge < -0.3 is 0 Å². The first kappa shape index (κ1) is 15.0. The first-order valence-corrected chi connectivity index (χ1v) is 9.27. The van der Waals surface area contributed by atoms with Crippen molar-refractivity contribution in [1.29, 1.82) is 0 Å². The first-order valence-electron chi connectivity index (χ1n) is 8.46. The molecular formula is C22H15N3S. The average Bonchev–Trinajstić information content (AvgIpc) is 3.28. The molecule has 0 N–H and O–H groups in total. The Morgan fingerprint density at radius 2 is 1.19 bits per heavy atom. The predicted octanol–water partition coefficient (Wildman–Crippen LogP) is 5.82. The smallest absolute Gasteiger partial charge is 0.190 e. The van der Waals surface area contributed by atoms with Gasteiger partial charge in [-0.05, 0) is 12.1 Å². The lowest BCUT2D eigenvalue weighted by Crippen LogP contribution is -1.96. The number of thiazole rings is 1. The zero-order chi connectivity index (χ0) is 17.3. The van der Waals surface area contributed by atoms with E-state index in [2.05, 4.69) is 53.1 Å². The molecule has 0 saturated carbocycles. The molecule has 0 fully saturated rings. The molecule has 4 heteroatoms. The van der Waals surface area contributed by atoms with Crippen LogP contribution in [0, 0.1) is 0 Å². The summed E-state index contributed by atoms with van der Waals surface area (Å²) in [6.45, 7) is 0. The van der Waals surface area contributed by atoms with Crippen molar-refractivity contribution in [2.75, 3.05) is 0 Å². The number of fused-ring (bicyclic) bond motifs is 1. The Kier molecular flexibility index (Phi) is 3.61. The van der Waals surface area contributed by atoms with Crippen molar-refractivity contribution in [3.05, 3.63) is 91.0 Å². The Hall–Kier alpha value is -3.24. The molecule has 0 spiro atoms. The lowest BCUT2D eigenvalue weighted by Gasteiger charge is -2.08. The van der Waals surface area contributed by atoms with Gasteiger partial charge in [0.2, 0.25) is 0 Å². The summed E-state index contributed by atoms with van der Waals surface area (Å²) in [5.74, 6) is 0.921. The highest BCUT2D eigenvalue weighted by atomic mass is 32.1. The lowest BCUT2D eigenvalue weighted by atomic mass is 10.2. The molecule has 124 valence electrons. The van der Waals surface area contributed by atoms with Crippen LogP contribution >= 0.6 is 11.3 Å². The summed E-state index contributed by atoms with van der Waals surface area (Å²) in [6, 6.07) is 30.9. The number of rotatable bonds is 3. The predicted molar refractivity (Wildman–Crippen MR) is 108 cm³/mol. The number of para-hydroxylation sites is 1. The van der Waals surface area contributed by atoms with Gasteiger partial charge in [0.05, 0.1) is 0 Å². The fourth-order valence-corrected chi connectivity index (χ4v) is 4.11. The highest BCUT2D eigenvalue weighted by molar-refractivity contribution is 7.21. The van der Waals surface area contributed by atoms with Gasteiger partial charge in [0.15, 0.2) is 5.65 Å². The molecule has 0 amide bonds. The second-order valence-electron chi connectivity index (χ2n) is 5.99. The monoisotopic (exact) mass is 353 g/mol. The summed E-state index contributed by atoms with van der Waals surface area (Å²) < 4.78 is 2.20. The van der Waals surface area contributed by atoms with Gasteiger partial charge in [0.25, 0.3) is 0 Å². The van der Waals surface area contributed by atoms with Crippen LogP contribution < -0.4 is 0 Å². The highest BCUT2D eigenvalue weighted by Gasteiger charge is 2.18. The Morgan fingerprint density at radius 1 is 0.615 bits per heavy atom. The van der Waals surface area contributed by atoms with Crippen LogP contribution in [0.15, 0.2) is 91.0 Å². The molecule has 0 atom stereocenters. The highest BCUT2D eigenvalue weighted by Crippen LogP contribution is 2.35. The lowest BCUT2D eigenvalue weighted by molar-refractivity contribution is 1.11. The van der Waals surface area contributed by atoms with E-state index in [0.717, 1.165) is 38.1 Å². The molecule has 0 aliphatic heterocycles. The minimum atomic E-state index is 0.788. The van der Waals surface area contributed by atoms with Gasteiger partial charge >= 0.3 is 0 Å². The Bertz CT molecular complexity index is 1160. The van der Waals surface area contributed by atoms with Gasteiger partial charge in [-0.15, -0.1) is 0 Å². The van der Waals surface area contributed by atoms with Gasteiger partial charge in [-0.1, -0.05) is 90.2 Å². The van der Waals surface area contributed by atoms with Crippen molar-refractivity contribution in [2.24, 2.45) is 0 Å². The summed E-state index contributed by atoms with van der Waals surface area (Å²) in [6.07, 6.45) is 0. The molecule has 0 bridgehead atoms. The summed E-state index contributed by atoms with van der Waals surface area (Å²) in [5, 5.41) is 0.993. The number of benzene rings is 3. The molecule has 5 aromatic rings. The largest absolute Gasteiger partial charge is 0.282 e. The normalized spacial score (nSPS) is 11.1. The van der Waals surface area contributed by atoms with E-state index < -0.39 is 0 Å². The zero-order valence-corrected chi connectivity index (χ0v) is 14.7. The van der Waals surface area contributed by atoms with Crippen molar-refractivity contribution in [2.45, 2.75) is 0 Å². The molecule has 5 rings (SSSR count). The van der Waals surface area contributed by atoms with E-state index in [4.69, 9.17) is 9.97 Å². The molecule has 26 heavy (non-hydrogen) atoms. The summed E-state index contributed by atoms with van der Waals surface area (Å²) in [7, 11) is 0. The first-order chi connectivity index (χ1) is 12.9. The summed E-state index contributed by atoms with van der Waals surface area (Å²) >= 11 is 1.68. The van der Waals surface area contributed by atoms with Crippen LogP contribution in [0.3, 0.4) is 0 Å². The molecule has 0 aliphatic carbocycles. The topological polar surface area (TPSA) is 30.7 Å². The van der Waals surface area contributed by atoms with E-state index in [0.29, 0.717) is 0 Å². The molecule has 2 heterocycles. The van der Waals surface area contributed by atoms with Crippen LogP contribution in [0.1, 0.15) is 0 Å². The fourth-order valence-electron chi connectivity index (χ4n) is 3.07. The van der Waals surface area contributed by atoms with Crippen LogP contribution in [0.2, 0.25) is 0 Å². The minimum Gasteiger partial charge on any atom is -0.282 e. The average molecular weight is 353 g/mol. The second kappa shape index (κ2) is 6.24. The maximum Gasteiger partial charge on any atom is 0.190 e. The third-order valence-corrected chi connectivity index (χ3v) is 5.36. The third kappa shape index (κ3) is 2.52. The van der Waals surface area contributed by atoms with Gasteiger partial charge in [-0.2, -0.15) is 0 Å². The fraction of sp³-hybridized carbons (Fsp3) is 0. The third-order valence-electron chi connectivity index (χ3n) is 4.29.